The van der Waals surface area contributed by atoms with Crippen molar-refractivity contribution in [1.82, 2.24) is 34.1 Å². The molecule has 21 nitrogen and oxygen atoms in total. The van der Waals surface area contributed by atoms with E-state index < -0.39 is 84.0 Å². The minimum atomic E-state index is -5.20. The largest absolute Gasteiger partial charge is 0.695 e. The fourth-order valence-electron chi connectivity index (χ4n) is 5.11. The molecule has 0 radical (unpaired) electrons. The molecular formula is C21H25FN9O12P2+. The first-order chi connectivity index (χ1) is 21.4. The van der Waals surface area contributed by atoms with Gasteiger partial charge < -0.3 is 36.0 Å². The van der Waals surface area contributed by atoms with Crippen LogP contribution in [0.1, 0.15) is 12.5 Å². The van der Waals surface area contributed by atoms with Gasteiger partial charge in [-0.15, -0.1) is 9.42 Å². The van der Waals surface area contributed by atoms with Crippen molar-refractivity contribution in [2.24, 2.45) is 0 Å². The number of aromatic amines is 1. The number of anilines is 2. The summed E-state index contributed by atoms with van der Waals surface area (Å²) in [5.41, 5.74) is 11.1. The number of nitrogens with zero attached hydrogens (tertiary/aromatic N) is 6. The molecule has 9 N–H and O–H groups in total. The molecule has 2 aliphatic rings. The van der Waals surface area contributed by atoms with Crippen LogP contribution >= 0.6 is 16.1 Å². The molecule has 24 heteroatoms. The number of aromatic nitrogens is 7. The van der Waals surface area contributed by atoms with Crippen LogP contribution in [-0.4, -0.2) is 104 Å². The number of H-pyrrole nitrogens is 1. The van der Waals surface area contributed by atoms with Gasteiger partial charge in [-0.1, -0.05) is 0 Å². The summed E-state index contributed by atoms with van der Waals surface area (Å²) in [6.07, 6.45) is -9.62. The Bertz CT molecular complexity index is 1860. The first kappa shape index (κ1) is 31.5. The third-order valence-electron chi connectivity index (χ3n) is 7.12. The summed E-state index contributed by atoms with van der Waals surface area (Å²) in [4.78, 5) is 50.5. The number of imidazole rings is 2. The van der Waals surface area contributed by atoms with Crippen LogP contribution in [0.25, 0.3) is 22.3 Å². The second-order valence-electron chi connectivity index (χ2n) is 9.89. The molecule has 2 aliphatic heterocycles. The average Bonchev–Trinajstić information content (AvgIpc) is 3.73. The zero-order chi connectivity index (χ0) is 32.2. The van der Waals surface area contributed by atoms with Gasteiger partial charge in [-0.25, -0.2) is 23.9 Å². The number of hydrogen-bond donors (Lipinski definition) is 7. The number of nitrogen functional groups attached to an aromatic ring is 2. The molecule has 0 amide bonds. The Kier molecular flexibility index (Phi) is 8.39. The van der Waals surface area contributed by atoms with Crippen molar-refractivity contribution in [1.29, 1.82) is 0 Å². The minimum Gasteiger partial charge on any atom is -0.397 e. The molecule has 10 atom stereocenters. The zero-order valence-corrected chi connectivity index (χ0v) is 24.3. The highest BCUT2D eigenvalue weighted by atomic mass is 31.2. The van der Waals surface area contributed by atoms with E-state index in [-0.39, 0.29) is 34.0 Å². The van der Waals surface area contributed by atoms with E-state index in [4.69, 9.17) is 34.5 Å². The second kappa shape index (κ2) is 12.0. The lowest BCUT2D eigenvalue weighted by molar-refractivity contribution is -0.0589. The maximum Gasteiger partial charge on any atom is 0.695 e. The quantitative estimate of drug-likeness (QED) is 0.0965. The van der Waals surface area contributed by atoms with Crippen molar-refractivity contribution in [3.63, 3.8) is 0 Å². The van der Waals surface area contributed by atoms with Crippen LogP contribution in [0, 0.1) is 0 Å². The number of nitrogens with one attached hydrogen (secondary N) is 1. The topological polar surface area (TPSA) is 308 Å². The van der Waals surface area contributed by atoms with Crippen molar-refractivity contribution in [2.45, 2.75) is 49.1 Å². The smallest absolute Gasteiger partial charge is 0.397 e. The van der Waals surface area contributed by atoms with Crippen molar-refractivity contribution in [2.75, 3.05) is 24.7 Å². The summed E-state index contributed by atoms with van der Waals surface area (Å²) in [6.45, 7) is -1.66. The van der Waals surface area contributed by atoms with Gasteiger partial charge in [0.05, 0.1) is 31.6 Å². The summed E-state index contributed by atoms with van der Waals surface area (Å²) in [5.74, 6) is -0.287. The van der Waals surface area contributed by atoms with E-state index in [2.05, 4.69) is 24.9 Å². The standard InChI is InChI=1S/C21H24FN9O12P2/c22-10-14(42-44(35)36)9(41-19(10)30-5-26-11-7(23)1-2-25-16(11)30)4-39-45(37,38)43-15-13(33)8(3-32)40-20(15)31-6-27-12-17(31)28-21(24)29-18(12)34/h1-2,5-6,8-10,13-15,19-20,32-33H,3-4H2,(H6-,23,24,25,28,29,34,35,36,37,38)/p+1/t8-,9-,10?,13+,14+,15?,19-,20-/m1/s1. The fraction of sp³-hybridized carbons (Fsp3) is 0.476. The molecule has 0 saturated carbocycles. The van der Waals surface area contributed by atoms with E-state index in [1.807, 2.05) is 0 Å². The Labute approximate surface area is 250 Å². The van der Waals surface area contributed by atoms with Crippen LogP contribution in [0.2, 0.25) is 0 Å². The molecular weight excluding hydrogens is 651 g/mol. The molecule has 0 bridgehead atoms. The second-order valence-corrected chi connectivity index (χ2v) is 12.0. The molecule has 242 valence electrons. The van der Waals surface area contributed by atoms with Gasteiger partial charge in [0.2, 0.25) is 5.95 Å². The molecule has 6 rings (SSSR count). The summed E-state index contributed by atoms with van der Waals surface area (Å²) in [6, 6.07) is 1.47. The number of rotatable bonds is 10. The number of aliphatic hydroxyl groups excluding tert-OH is 2. The number of phosphoric ester groups is 1. The Balaban J connectivity index is 1.22. The lowest BCUT2D eigenvalue weighted by atomic mass is 10.1. The summed E-state index contributed by atoms with van der Waals surface area (Å²) in [5, 5.41) is 20.4. The summed E-state index contributed by atoms with van der Waals surface area (Å²) >= 11 is 0. The predicted octanol–water partition coefficient (Wildman–Crippen LogP) is -1.25. The number of ether oxygens (including phenoxy) is 2. The van der Waals surface area contributed by atoms with Gasteiger partial charge in [0, 0.05) is 10.8 Å². The van der Waals surface area contributed by atoms with Gasteiger partial charge >= 0.3 is 16.1 Å². The van der Waals surface area contributed by atoms with Gasteiger partial charge in [0.25, 0.3) is 5.56 Å². The lowest BCUT2D eigenvalue weighted by Crippen LogP contribution is -2.36. The molecule has 0 aromatic carbocycles. The van der Waals surface area contributed by atoms with Crippen LogP contribution < -0.4 is 17.0 Å². The van der Waals surface area contributed by atoms with Gasteiger partial charge in [-0.05, 0) is 6.07 Å². The Morgan fingerprint density at radius 3 is 2.49 bits per heavy atom. The summed E-state index contributed by atoms with van der Waals surface area (Å²) < 4.78 is 68.8. The third-order valence-corrected chi connectivity index (χ3v) is 8.53. The number of nitrogens with two attached hydrogens (primary N) is 2. The van der Waals surface area contributed by atoms with Crippen LogP contribution in [0.4, 0.5) is 16.0 Å². The first-order valence-corrected chi connectivity index (χ1v) is 15.5. The van der Waals surface area contributed by atoms with Crippen LogP contribution in [-0.2, 0) is 32.2 Å². The van der Waals surface area contributed by atoms with E-state index in [9.17, 15) is 33.9 Å². The van der Waals surface area contributed by atoms with E-state index in [0.717, 1.165) is 10.9 Å². The molecule has 0 aliphatic carbocycles. The van der Waals surface area contributed by atoms with E-state index in [1.54, 1.807) is 0 Å². The number of phosphoric acid groups is 1. The van der Waals surface area contributed by atoms with Crippen molar-refractivity contribution >= 4 is 50.0 Å². The monoisotopic (exact) mass is 676 g/mol. The van der Waals surface area contributed by atoms with Gasteiger partial charge in [0.1, 0.15) is 29.9 Å². The lowest BCUT2D eigenvalue weighted by Gasteiger charge is -2.24. The number of pyridine rings is 1. The first-order valence-electron chi connectivity index (χ1n) is 12.9. The zero-order valence-electron chi connectivity index (χ0n) is 22.5. The number of alkyl halides is 1. The molecule has 2 fully saturated rings. The molecule has 2 saturated heterocycles. The van der Waals surface area contributed by atoms with Crippen LogP contribution in [0.15, 0.2) is 29.7 Å². The Hall–Kier alpha value is -3.53. The average molecular weight is 676 g/mol. The molecule has 4 aromatic heterocycles. The third kappa shape index (κ3) is 5.82. The minimum absolute atomic E-state index is 0.123. The van der Waals surface area contributed by atoms with Crippen LogP contribution in [0.3, 0.4) is 0 Å². The van der Waals surface area contributed by atoms with Crippen LogP contribution in [0.5, 0.6) is 0 Å². The SMILES string of the molecule is Nc1nc2c(ncn2[C@@H]2O[C@H](CO)[C@H](O)C2OP(=O)(O)OC[C@H]2O[C@@H](n3cnc4c(N)ccnc43)C(F)[C@H]2O[P+](=O)O)c(=O)[nH]1. The highest BCUT2D eigenvalue weighted by Gasteiger charge is 2.53. The maximum atomic E-state index is 15.6. The molecule has 45 heavy (non-hydrogen) atoms. The normalized spacial score (nSPS) is 30.3. The highest BCUT2D eigenvalue weighted by molar-refractivity contribution is 7.47. The molecule has 4 unspecified atom stereocenters. The molecule has 4 aromatic rings. The predicted molar refractivity (Wildman–Crippen MR) is 146 cm³/mol. The molecule has 6 heterocycles. The van der Waals surface area contributed by atoms with E-state index >= 15 is 4.39 Å². The number of aliphatic hydroxyl groups is 2. The number of fused-ring (bicyclic) bond motifs is 2. The Morgan fingerprint density at radius 2 is 1.78 bits per heavy atom. The van der Waals surface area contributed by atoms with Gasteiger partial charge in [-0.3, -0.25) is 28.0 Å². The van der Waals surface area contributed by atoms with Crippen molar-refractivity contribution in [3.8, 4) is 0 Å². The number of hydrogen-bond acceptors (Lipinski definition) is 16. The van der Waals surface area contributed by atoms with Crippen molar-refractivity contribution in [3.05, 3.63) is 35.3 Å². The molecule has 0 spiro atoms. The fourth-order valence-corrected chi connectivity index (χ4v) is 6.50. The van der Waals surface area contributed by atoms with E-state index in [0.29, 0.717) is 0 Å². The van der Waals surface area contributed by atoms with Gasteiger partial charge in [0.15, 0.2) is 41.5 Å². The highest BCUT2D eigenvalue weighted by Crippen LogP contribution is 2.50. The van der Waals surface area contributed by atoms with Gasteiger partial charge in [-0.2, -0.15) is 4.98 Å². The van der Waals surface area contributed by atoms with Crippen molar-refractivity contribution < 1.29 is 56.6 Å². The number of halogens is 1. The van der Waals surface area contributed by atoms with E-state index in [1.165, 1.54) is 23.2 Å². The maximum absolute atomic E-state index is 15.6. The summed E-state index contributed by atoms with van der Waals surface area (Å²) in [7, 11) is -8.56. The Morgan fingerprint density at radius 1 is 1.09 bits per heavy atom.